The van der Waals surface area contributed by atoms with Gasteiger partial charge in [0.05, 0.1) is 11.6 Å². The molecule has 2 aromatic carbocycles. The van der Waals surface area contributed by atoms with Gasteiger partial charge in [-0.1, -0.05) is 15.9 Å². The van der Waals surface area contributed by atoms with Gasteiger partial charge in [-0.3, -0.25) is 0 Å². The van der Waals surface area contributed by atoms with Crippen LogP contribution in [0, 0.1) is 23.0 Å². The second-order valence-corrected chi connectivity index (χ2v) is 4.74. The average molecular weight is 338 g/mol. The summed E-state index contributed by atoms with van der Waals surface area (Å²) in [4.78, 5) is 0. The van der Waals surface area contributed by atoms with Gasteiger partial charge in [-0.2, -0.15) is 5.26 Å². The van der Waals surface area contributed by atoms with Crippen LogP contribution < -0.4 is 4.74 Å². The van der Waals surface area contributed by atoms with Crippen LogP contribution in [0.15, 0.2) is 36.4 Å². The molecule has 2 aromatic rings. The average Bonchev–Trinajstić information content (AvgIpc) is 2.44. The zero-order valence-corrected chi connectivity index (χ0v) is 12.0. The van der Waals surface area contributed by atoms with E-state index in [0.29, 0.717) is 16.6 Å². The third-order valence-electron chi connectivity index (χ3n) is 2.58. The topological polar surface area (TPSA) is 33.0 Å². The summed E-state index contributed by atoms with van der Waals surface area (Å²) in [6, 6.07) is 10.2. The van der Waals surface area contributed by atoms with E-state index in [-0.39, 0.29) is 12.2 Å². The van der Waals surface area contributed by atoms with Crippen LogP contribution in [0.25, 0.3) is 0 Å². The molecule has 0 amide bonds. The van der Waals surface area contributed by atoms with Crippen molar-refractivity contribution in [3.63, 3.8) is 0 Å². The summed E-state index contributed by atoms with van der Waals surface area (Å²) in [7, 11) is 0. The first-order valence-corrected chi connectivity index (χ1v) is 6.90. The Hall–Kier alpha value is -1.93. The SMILES string of the molecule is N#Cc1cc(F)cc(COc2cc(F)cc(CBr)c2)c1. The van der Waals surface area contributed by atoms with Gasteiger partial charge >= 0.3 is 0 Å². The van der Waals surface area contributed by atoms with Gasteiger partial charge in [0.15, 0.2) is 0 Å². The predicted octanol–water partition coefficient (Wildman–Crippen LogP) is 4.31. The molecule has 0 unspecified atom stereocenters. The van der Waals surface area contributed by atoms with Gasteiger partial charge in [0, 0.05) is 11.4 Å². The highest BCUT2D eigenvalue weighted by Gasteiger charge is 2.04. The van der Waals surface area contributed by atoms with Crippen LogP contribution in [0.4, 0.5) is 8.78 Å². The lowest BCUT2D eigenvalue weighted by atomic mass is 10.1. The van der Waals surface area contributed by atoms with E-state index in [1.807, 2.05) is 6.07 Å². The number of nitrogens with zero attached hydrogens (tertiary/aromatic N) is 1. The zero-order chi connectivity index (χ0) is 14.5. The summed E-state index contributed by atoms with van der Waals surface area (Å²) in [5, 5.41) is 9.28. The number of hydrogen-bond acceptors (Lipinski definition) is 2. The maximum atomic E-state index is 13.3. The minimum absolute atomic E-state index is 0.0671. The van der Waals surface area contributed by atoms with Crippen LogP contribution in [0.3, 0.4) is 0 Å². The molecule has 102 valence electrons. The summed E-state index contributed by atoms with van der Waals surface area (Å²) in [6.07, 6.45) is 0. The van der Waals surface area contributed by atoms with Gasteiger partial charge in [0.1, 0.15) is 24.0 Å². The van der Waals surface area contributed by atoms with Crippen molar-refractivity contribution in [2.24, 2.45) is 0 Å². The van der Waals surface area contributed by atoms with E-state index in [4.69, 9.17) is 10.00 Å². The number of halogens is 3. The Morgan fingerprint density at radius 2 is 1.70 bits per heavy atom. The molecule has 0 saturated heterocycles. The zero-order valence-electron chi connectivity index (χ0n) is 10.4. The number of hydrogen-bond donors (Lipinski definition) is 0. The molecular weight excluding hydrogens is 328 g/mol. The van der Waals surface area contributed by atoms with Crippen LogP contribution >= 0.6 is 15.9 Å². The molecule has 0 spiro atoms. The van der Waals surface area contributed by atoms with Crippen LogP contribution in [0.1, 0.15) is 16.7 Å². The van der Waals surface area contributed by atoms with Gasteiger partial charge < -0.3 is 4.74 Å². The Morgan fingerprint density at radius 3 is 2.40 bits per heavy atom. The smallest absolute Gasteiger partial charge is 0.127 e. The van der Waals surface area contributed by atoms with E-state index in [1.165, 1.54) is 24.3 Å². The monoisotopic (exact) mass is 337 g/mol. The predicted molar refractivity (Wildman–Crippen MR) is 74.5 cm³/mol. The van der Waals surface area contributed by atoms with Gasteiger partial charge in [0.25, 0.3) is 0 Å². The number of rotatable bonds is 4. The van der Waals surface area contributed by atoms with Gasteiger partial charge in [-0.05, 0) is 41.5 Å². The fourth-order valence-corrected chi connectivity index (χ4v) is 2.07. The summed E-state index contributed by atoms with van der Waals surface area (Å²) in [5.41, 5.74) is 1.49. The maximum Gasteiger partial charge on any atom is 0.127 e. The second-order valence-electron chi connectivity index (χ2n) is 4.18. The fourth-order valence-electron chi connectivity index (χ4n) is 1.75. The summed E-state index contributed by atoms with van der Waals surface area (Å²) < 4.78 is 32.0. The van der Waals surface area contributed by atoms with Crippen molar-refractivity contribution >= 4 is 15.9 Å². The Kier molecular flexibility index (Phi) is 4.70. The molecule has 0 fully saturated rings. The Bertz CT molecular complexity index is 667. The van der Waals surface area contributed by atoms with Gasteiger partial charge in [-0.15, -0.1) is 0 Å². The molecule has 0 heterocycles. The summed E-state index contributed by atoms with van der Waals surface area (Å²) in [5.74, 6) is -0.529. The number of alkyl halides is 1. The first-order chi connectivity index (χ1) is 9.60. The van der Waals surface area contributed by atoms with Crippen LogP contribution in [-0.4, -0.2) is 0 Å². The highest BCUT2D eigenvalue weighted by molar-refractivity contribution is 9.08. The van der Waals surface area contributed by atoms with Crippen molar-refractivity contribution < 1.29 is 13.5 Å². The standard InChI is InChI=1S/C15H10BrF2NO/c16-7-10-2-14(18)6-15(5-10)20-9-12-1-11(8-19)3-13(17)4-12/h1-6H,7,9H2. The Morgan fingerprint density at radius 1 is 1.00 bits per heavy atom. The Labute approximate surface area is 123 Å². The molecule has 0 N–H and O–H groups in total. The molecule has 0 aromatic heterocycles. The molecule has 0 radical (unpaired) electrons. The van der Waals surface area contributed by atoms with Crippen molar-refractivity contribution in [1.82, 2.24) is 0 Å². The van der Waals surface area contributed by atoms with Crippen molar-refractivity contribution in [3.05, 3.63) is 64.7 Å². The molecule has 2 nitrogen and oxygen atoms in total. The molecule has 20 heavy (non-hydrogen) atoms. The molecule has 0 aliphatic heterocycles. The van der Waals surface area contributed by atoms with Crippen molar-refractivity contribution in [2.75, 3.05) is 0 Å². The minimum atomic E-state index is -0.497. The molecule has 0 aliphatic carbocycles. The van der Waals surface area contributed by atoms with Crippen molar-refractivity contribution in [2.45, 2.75) is 11.9 Å². The van der Waals surface area contributed by atoms with E-state index >= 15 is 0 Å². The lowest BCUT2D eigenvalue weighted by molar-refractivity contribution is 0.303. The molecule has 5 heteroatoms. The lowest BCUT2D eigenvalue weighted by Crippen LogP contribution is -1.98. The molecule has 2 rings (SSSR count). The third kappa shape index (κ3) is 3.78. The van der Waals surface area contributed by atoms with Gasteiger partial charge in [-0.25, -0.2) is 8.78 Å². The largest absolute Gasteiger partial charge is 0.489 e. The van der Waals surface area contributed by atoms with Crippen molar-refractivity contribution in [1.29, 1.82) is 5.26 Å². The number of nitriles is 1. The normalized spacial score (nSPS) is 10.1. The highest BCUT2D eigenvalue weighted by atomic mass is 79.9. The van der Waals surface area contributed by atoms with Gasteiger partial charge in [0.2, 0.25) is 0 Å². The highest BCUT2D eigenvalue weighted by Crippen LogP contribution is 2.20. The number of ether oxygens (including phenoxy) is 1. The first-order valence-electron chi connectivity index (χ1n) is 5.78. The number of benzene rings is 2. The fraction of sp³-hybridized carbons (Fsp3) is 0.133. The van der Waals surface area contributed by atoms with Crippen LogP contribution in [0.2, 0.25) is 0 Å². The third-order valence-corrected chi connectivity index (χ3v) is 3.23. The first kappa shape index (κ1) is 14.5. The van der Waals surface area contributed by atoms with E-state index in [9.17, 15) is 8.78 Å². The molecule has 0 aliphatic rings. The minimum Gasteiger partial charge on any atom is -0.489 e. The quantitative estimate of drug-likeness (QED) is 0.779. The van der Waals surface area contributed by atoms with E-state index in [2.05, 4.69) is 15.9 Å². The Balaban J connectivity index is 2.14. The van der Waals surface area contributed by atoms with E-state index in [1.54, 1.807) is 6.07 Å². The summed E-state index contributed by atoms with van der Waals surface area (Å²) in [6.45, 7) is 0.0671. The van der Waals surface area contributed by atoms with E-state index < -0.39 is 11.6 Å². The lowest BCUT2D eigenvalue weighted by Gasteiger charge is -2.08. The van der Waals surface area contributed by atoms with Crippen molar-refractivity contribution in [3.8, 4) is 11.8 Å². The summed E-state index contributed by atoms with van der Waals surface area (Å²) >= 11 is 3.24. The molecule has 0 bridgehead atoms. The maximum absolute atomic E-state index is 13.3. The second kappa shape index (κ2) is 6.49. The van der Waals surface area contributed by atoms with E-state index in [0.717, 1.165) is 11.6 Å². The molecule has 0 atom stereocenters. The van der Waals surface area contributed by atoms with Crippen LogP contribution in [-0.2, 0) is 11.9 Å². The molecular formula is C15H10BrF2NO. The van der Waals surface area contributed by atoms with Crippen LogP contribution in [0.5, 0.6) is 5.75 Å². The molecule has 0 saturated carbocycles.